The van der Waals surface area contributed by atoms with E-state index in [0.717, 1.165) is 20.4 Å². The highest BCUT2D eigenvalue weighted by molar-refractivity contribution is 7.99. The minimum Gasteiger partial charge on any atom is -0.337 e. The molecule has 0 radical (unpaired) electrons. The molecule has 0 atom stereocenters. The molecule has 5 aromatic rings. The molecule has 154 valence electrons. The van der Waals surface area contributed by atoms with E-state index in [1.165, 1.54) is 27.2 Å². The van der Waals surface area contributed by atoms with Gasteiger partial charge >= 0.3 is 5.69 Å². The summed E-state index contributed by atoms with van der Waals surface area (Å²) in [5.41, 5.74) is 1.04. The van der Waals surface area contributed by atoms with Crippen LogP contribution in [0, 0.1) is 0 Å². The lowest BCUT2D eigenvalue weighted by Gasteiger charge is -1.99. The predicted molar refractivity (Wildman–Crippen MR) is 118 cm³/mol. The molecule has 0 fully saturated rings. The molecule has 5 rings (SSSR count). The Morgan fingerprint density at radius 3 is 2.61 bits per heavy atom. The van der Waals surface area contributed by atoms with Crippen molar-refractivity contribution in [1.29, 1.82) is 0 Å². The molecule has 0 unspecified atom stereocenters. The molecule has 10 heteroatoms. The van der Waals surface area contributed by atoms with Crippen LogP contribution >= 0.6 is 23.5 Å². The van der Waals surface area contributed by atoms with E-state index < -0.39 is 0 Å². The molecule has 0 N–H and O–H groups in total. The summed E-state index contributed by atoms with van der Waals surface area (Å²) in [5.74, 6) is 0.781. The lowest BCUT2D eigenvalue weighted by atomic mass is 10.2. The van der Waals surface area contributed by atoms with Crippen molar-refractivity contribution in [2.75, 3.05) is 6.26 Å². The maximum Gasteiger partial charge on any atom is 0.352 e. The number of aromatic nitrogens is 6. The molecule has 3 aromatic heterocycles. The zero-order chi connectivity index (χ0) is 21.2. The maximum atomic E-state index is 12.7. The SMILES string of the molecule is CSc1ccc(-c2noc(Cn3nc4cc(Sc5ccccc5)ncn4c3=O)n2)cc1. The van der Waals surface area contributed by atoms with Crippen LogP contribution in [-0.2, 0) is 6.54 Å². The van der Waals surface area contributed by atoms with Gasteiger partial charge in [-0.2, -0.15) is 4.98 Å². The monoisotopic (exact) mass is 448 g/mol. The van der Waals surface area contributed by atoms with Crippen molar-refractivity contribution in [2.45, 2.75) is 21.4 Å². The third kappa shape index (κ3) is 4.12. The zero-order valence-electron chi connectivity index (χ0n) is 16.4. The molecule has 0 bridgehead atoms. The van der Waals surface area contributed by atoms with Crippen molar-refractivity contribution in [1.82, 2.24) is 29.3 Å². The Balaban J connectivity index is 1.38. The first-order valence-electron chi connectivity index (χ1n) is 9.35. The molecule has 31 heavy (non-hydrogen) atoms. The molecular formula is C21H16N6O2S2. The van der Waals surface area contributed by atoms with E-state index in [0.29, 0.717) is 17.4 Å². The number of nitrogens with zero attached hydrogens (tertiary/aromatic N) is 6. The molecule has 0 amide bonds. The van der Waals surface area contributed by atoms with Crippen molar-refractivity contribution < 1.29 is 4.52 Å². The quantitative estimate of drug-likeness (QED) is 0.286. The smallest absolute Gasteiger partial charge is 0.337 e. The van der Waals surface area contributed by atoms with Gasteiger partial charge in [-0.05, 0) is 42.7 Å². The molecule has 0 saturated heterocycles. The number of benzene rings is 2. The average molecular weight is 449 g/mol. The minimum absolute atomic E-state index is 0.0809. The van der Waals surface area contributed by atoms with Crippen LogP contribution in [0.25, 0.3) is 17.0 Å². The Bertz CT molecular complexity index is 1390. The standard InChI is InChI=1S/C21H16N6O2S2/c1-30-15-9-7-14(8-10-15)20-23-18(29-25-20)12-27-21(28)26-13-22-19(11-17(26)24-27)31-16-5-3-2-4-6-16/h2-11,13H,12H2,1H3. The van der Waals surface area contributed by atoms with Crippen LogP contribution in [0.3, 0.4) is 0 Å². The van der Waals surface area contributed by atoms with Gasteiger partial charge in [-0.25, -0.2) is 18.9 Å². The van der Waals surface area contributed by atoms with Gasteiger partial charge in [0.25, 0.3) is 0 Å². The summed E-state index contributed by atoms with van der Waals surface area (Å²) in [7, 11) is 0. The van der Waals surface area contributed by atoms with Gasteiger partial charge in [0.15, 0.2) is 5.65 Å². The Kier molecular flexibility index (Phi) is 5.31. The maximum absolute atomic E-state index is 12.7. The van der Waals surface area contributed by atoms with Crippen LogP contribution in [0.15, 0.2) is 91.1 Å². The molecule has 0 aliphatic rings. The summed E-state index contributed by atoms with van der Waals surface area (Å²) in [6.07, 6.45) is 3.51. The lowest BCUT2D eigenvalue weighted by Crippen LogP contribution is -2.21. The average Bonchev–Trinajstić information content (AvgIpc) is 3.39. The van der Waals surface area contributed by atoms with E-state index in [4.69, 9.17) is 4.52 Å². The van der Waals surface area contributed by atoms with Crippen molar-refractivity contribution in [3.63, 3.8) is 0 Å². The fraction of sp³-hybridized carbons (Fsp3) is 0.0952. The highest BCUT2D eigenvalue weighted by Crippen LogP contribution is 2.25. The number of rotatable bonds is 6. The van der Waals surface area contributed by atoms with E-state index >= 15 is 0 Å². The van der Waals surface area contributed by atoms with Gasteiger partial charge in [-0.3, -0.25) is 0 Å². The Morgan fingerprint density at radius 1 is 1.03 bits per heavy atom. The molecule has 0 aliphatic carbocycles. The summed E-state index contributed by atoms with van der Waals surface area (Å²) in [6, 6.07) is 19.6. The molecule has 2 aromatic carbocycles. The Hall–Kier alpha value is -3.37. The summed E-state index contributed by atoms with van der Waals surface area (Å²) in [5, 5.41) is 9.18. The first-order valence-corrected chi connectivity index (χ1v) is 11.4. The van der Waals surface area contributed by atoms with Crippen molar-refractivity contribution in [2.24, 2.45) is 0 Å². The second-order valence-electron chi connectivity index (χ2n) is 6.55. The number of hydrogen-bond donors (Lipinski definition) is 0. The second kappa shape index (κ2) is 8.40. The summed E-state index contributed by atoms with van der Waals surface area (Å²) in [6.45, 7) is 0.0809. The first kappa shape index (κ1) is 19.6. The topological polar surface area (TPSA) is 91.1 Å². The normalized spacial score (nSPS) is 11.3. The van der Waals surface area contributed by atoms with Gasteiger partial charge in [0.05, 0.1) is 0 Å². The van der Waals surface area contributed by atoms with E-state index in [2.05, 4.69) is 20.2 Å². The number of fused-ring (bicyclic) bond motifs is 1. The fourth-order valence-corrected chi connectivity index (χ4v) is 4.19. The van der Waals surface area contributed by atoms with Gasteiger partial charge in [0.2, 0.25) is 11.7 Å². The largest absolute Gasteiger partial charge is 0.352 e. The Morgan fingerprint density at radius 2 is 1.84 bits per heavy atom. The minimum atomic E-state index is -0.317. The lowest BCUT2D eigenvalue weighted by molar-refractivity contribution is 0.364. The van der Waals surface area contributed by atoms with Gasteiger partial charge < -0.3 is 4.52 Å². The highest BCUT2D eigenvalue weighted by Gasteiger charge is 2.14. The van der Waals surface area contributed by atoms with E-state index in [-0.39, 0.29) is 12.2 Å². The first-order chi connectivity index (χ1) is 15.2. The molecule has 0 saturated carbocycles. The highest BCUT2D eigenvalue weighted by atomic mass is 32.2. The van der Waals surface area contributed by atoms with Gasteiger partial charge in [0.1, 0.15) is 17.9 Å². The second-order valence-corrected chi connectivity index (χ2v) is 8.52. The van der Waals surface area contributed by atoms with Crippen LogP contribution in [0.1, 0.15) is 5.89 Å². The van der Waals surface area contributed by atoms with Gasteiger partial charge in [-0.15, -0.1) is 16.9 Å². The fourth-order valence-electron chi connectivity index (χ4n) is 2.98. The van der Waals surface area contributed by atoms with E-state index in [9.17, 15) is 4.79 Å². The molecule has 0 aliphatic heterocycles. The summed E-state index contributed by atoms with van der Waals surface area (Å²) in [4.78, 5) is 23.7. The van der Waals surface area contributed by atoms with Gasteiger partial charge in [-0.1, -0.05) is 35.1 Å². The van der Waals surface area contributed by atoms with Crippen molar-refractivity contribution in [3.8, 4) is 11.4 Å². The summed E-state index contributed by atoms with van der Waals surface area (Å²) < 4.78 is 8.03. The van der Waals surface area contributed by atoms with Crippen molar-refractivity contribution in [3.05, 3.63) is 83.4 Å². The molecular weight excluding hydrogens is 432 g/mol. The van der Waals surface area contributed by atoms with Crippen LogP contribution in [0.4, 0.5) is 0 Å². The van der Waals surface area contributed by atoms with Crippen LogP contribution in [0.5, 0.6) is 0 Å². The molecule has 0 spiro atoms. The molecule has 8 nitrogen and oxygen atoms in total. The zero-order valence-corrected chi connectivity index (χ0v) is 18.0. The predicted octanol–water partition coefficient (Wildman–Crippen LogP) is 3.86. The van der Waals surface area contributed by atoms with Crippen LogP contribution in [-0.4, -0.2) is 35.6 Å². The van der Waals surface area contributed by atoms with E-state index in [1.54, 1.807) is 17.8 Å². The van der Waals surface area contributed by atoms with Crippen molar-refractivity contribution >= 4 is 29.2 Å². The van der Waals surface area contributed by atoms with E-state index in [1.807, 2.05) is 60.9 Å². The summed E-state index contributed by atoms with van der Waals surface area (Å²) >= 11 is 3.17. The Labute approximate surface area is 185 Å². The third-order valence-electron chi connectivity index (χ3n) is 4.52. The number of hydrogen-bond acceptors (Lipinski definition) is 8. The molecule has 3 heterocycles. The van der Waals surface area contributed by atoms with Gasteiger partial charge in [0, 0.05) is 21.4 Å². The third-order valence-corrected chi connectivity index (χ3v) is 6.20. The number of thioether (sulfide) groups is 1. The van der Waals surface area contributed by atoms with Crippen LogP contribution < -0.4 is 5.69 Å². The van der Waals surface area contributed by atoms with Crippen LogP contribution in [0.2, 0.25) is 0 Å².